The molecule has 0 aliphatic carbocycles. The Kier molecular flexibility index (Phi) is 3.52. The number of fused-ring (bicyclic) bond motifs is 1. The van der Waals surface area contributed by atoms with Crippen molar-refractivity contribution in [3.8, 4) is 5.75 Å². The molecule has 2 amide bonds. The van der Waals surface area contributed by atoms with Crippen LogP contribution in [0.2, 0.25) is 0 Å². The molecule has 0 unspecified atom stereocenters. The lowest BCUT2D eigenvalue weighted by Gasteiger charge is -2.45. The van der Waals surface area contributed by atoms with Crippen molar-refractivity contribution in [3.05, 3.63) is 21.1 Å². The number of carbonyl (C=O) groups is 2. The monoisotopic (exact) mass is 341 g/mol. The van der Waals surface area contributed by atoms with Gasteiger partial charge in [0.05, 0.1) is 22.4 Å². The van der Waals surface area contributed by atoms with E-state index in [-0.39, 0.29) is 35.7 Å². The van der Waals surface area contributed by atoms with Gasteiger partial charge in [-0.05, 0) is 13.8 Å². The standard InChI is InChI=1S/C13H15N3O6S/c1-13(2)12(19)10(15-5-7(17)14-4-8(15)18)11-6(22-13)3-9(23-11)16(20)21/h3,10,12,19H,4-5H2,1-2H3,(H,14,17)/t10-,12+/m0/s1. The third kappa shape index (κ3) is 2.53. The van der Waals surface area contributed by atoms with Crippen molar-refractivity contribution >= 4 is 28.2 Å². The lowest BCUT2D eigenvalue weighted by atomic mass is 9.89. The molecule has 0 spiro atoms. The first kappa shape index (κ1) is 15.7. The minimum atomic E-state index is -1.12. The molecule has 9 nitrogen and oxygen atoms in total. The minimum Gasteiger partial charge on any atom is -0.484 e. The summed E-state index contributed by atoms with van der Waals surface area (Å²) in [5, 5.41) is 23.9. The second-order valence-electron chi connectivity index (χ2n) is 5.96. The second kappa shape index (κ2) is 5.17. The number of carbonyl (C=O) groups excluding carboxylic acids is 2. The van der Waals surface area contributed by atoms with Crippen LogP contribution in [0.5, 0.6) is 5.75 Å². The third-order valence-electron chi connectivity index (χ3n) is 3.95. The van der Waals surface area contributed by atoms with Gasteiger partial charge in [0, 0.05) is 0 Å². The van der Waals surface area contributed by atoms with E-state index in [0.717, 1.165) is 11.3 Å². The molecular formula is C13H15N3O6S. The number of nitrogens with zero attached hydrogens (tertiary/aromatic N) is 2. The van der Waals surface area contributed by atoms with E-state index >= 15 is 0 Å². The molecule has 2 aliphatic rings. The molecule has 0 saturated carbocycles. The van der Waals surface area contributed by atoms with Crippen molar-refractivity contribution in [3.63, 3.8) is 0 Å². The number of nitrogens with one attached hydrogen (secondary N) is 1. The summed E-state index contributed by atoms with van der Waals surface area (Å²) >= 11 is 0.843. The van der Waals surface area contributed by atoms with Crippen molar-refractivity contribution in [2.45, 2.75) is 31.6 Å². The first-order chi connectivity index (χ1) is 10.7. The van der Waals surface area contributed by atoms with Crippen LogP contribution in [0.4, 0.5) is 5.00 Å². The van der Waals surface area contributed by atoms with E-state index in [0.29, 0.717) is 4.88 Å². The van der Waals surface area contributed by atoms with E-state index in [1.807, 2.05) is 0 Å². The Labute approximate surface area is 135 Å². The number of rotatable bonds is 2. The zero-order valence-corrected chi connectivity index (χ0v) is 13.3. The van der Waals surface area contributed by atoms with Gasteiger partial charge in [-0.25, -0.2) is 0 Å². The highest BCUT2D eigenvalue weighted by Crippen LogP contribution is 2.49. The number of thiophene rings is 1. The van der Waals surface area contributed by atoms with Gasteiger partial charge in [-0.15, -0.1) is 0 Å². The molecule has 2 aliphatic heterocycles. The molecule has 0 bridgehead atoms. The molecule has 1 aromatic heterocycles. The van der Waals surface area contributed by atoms with Crippen molar-refractivity contribution in [2.75, 3.05) is 13.1 Å². The van der Waals surface area contributed by atoms with Crippen LogP contribution in [0.25, 0.3) is 0 Å². The van der Waals surface area contributed by atoms with Crippen LogP contribution in [0.3, 0.4) is 0 Å². The number of nitro groups is 1. The van der Waals surface area contributed by atoms with Crippen LogP contribution < -0.4 is 10.1 Å². The third-order valence-corrected chi connectivity index (χ3v) is 5.09. The summed E-state index contributed by atoms with van der Waals surface area (Å²) in [5.41, 5.74) is -1.05. The number of hydrogen-bond donors (Lipinski definition) is 2. The highest BCUT2D eigenvalue weighted by molar-refractivity contribution is 7.15. The topological polar surface area (TPSA) is 122 Å². The Morgan fingerprint density at radius 2 is 2.22 bits per heavy atom. The Balaban J connectivity index is 2.09. The van der Waals surface area contributed by atoms with Crippen molar-refractivity contribution < 1.29 is 24.4 Å². The SMILES string of the molecule is CC1(C)Oc2cc([N+](=O)[O-])sc2[C@H](N2CC(=O)NCC2=O)[C@H]1O. The lowest BCUT2D eigenvalue weighted by Crippen LogP contribution is -2.59. The van der Waals surface area contributed by atoms with Gasteiger partial charge in [-0.2, -0.15) is 0 Å². The number of aliphatic hydroxyl groups excluding tert-OH is 1. The van der Waals surface area contributed by atoms with E-state index < -0.39 is 22.7 Å². The summed E-state index contributed by atoms with van der Waals surface area (Å²) in [4.78, 5) is 35.9. The van der Waals surface area contributed by atoms with Crippen LogP contribution in [0.1, 0.15) is 24.8 Å². The van der Waals surface area contributed by atoms with E-state index in [1.165, 1.54) is 11.0 Å². The summed E-state index contributed by atoms with van der Waals surface area (Å²) in [6.45, 7) is 2.89. The number of ether oxygens (including phenoxy) is 1. The van der Waals surface area contributed by atoms with Gasteiger partial charge in [-0.3, -0.25) is 19.7 Å². The fraction of sp³-hybridized carbons (Fsp3) is 0.538. The molecule has 0 aromatic carbocycles. The molecule has 1 aromatic rings. The second-order valence-corrected chi connectivity index (χ2v) is 7.03. The zero-order valence-electron chi connectivity index (χ0n) is 12.4. The summed E-state index contributed by atoms with van der Waals surface area (Å²) < 4.78 is 5.66. The van der Waals surface area contributed by atoms with Gasteiger partial charge < -0.3 is 20.1 Å². The van der Waals surface area contributed by atoms with Gasteiger partial charge >= 0.3 is 5.00 Å². The maximum absolute atomic E-state index is 12.2. The van der Waals surface area contributed by atoms with E-state index in [9.17, 15) is 24.8 Å². The number of hydrogen-bond acceptors (Lipinski definition) is 7. The number of amides is 2. The Hall–Kier alpha value is -2.20. The lowest BCUT2D eigenvalue weighted by molar-refractivity contribution is -0.380. The zero-order chi connectivity index (χ0) is 16.9. The molecule has 3 heterocycles. The Morgan fingerprint density at radius 3 is 2.87 bits per heavy atom. The Bertz CT molecular complexity index is 700. The predicted octanol–water partition coefficient (Wildman–Crippen LogP) is 0.188. The maximum atomic E-state index is 12.2. The molecule has 1 saturated heterocycles. The normalized spacial score (nSPS) is 26.3. The molecule has 3 rings (SSSR count). The number of aliphatic hydroxyl groups is 1. The molecule has 23 heavy (non-hydrogen) atoms. The van der Waals surface area contributed by atoms with Crippen molar-refractivity contribution in [2.24, 2.45) is 0 Å². The summed E-state index contributed by atoms with van der Waals surface area (Å²) in [5.74, 6) is -0.428. The molecule has 0 radical (unpaired) electrons. The maximum Gasteiger partial charge on any atom is 0.328 e. The molecule has 2 atom stereocenters. The summed E-state index contributed by atoms with van der Waals surface area (Å²) in [7, 11) is 0. The van der Waals surface area contributed by atoms with Gasteiger partial charge in [0.25, 0.3) is 0 Å². The van der Waals surface area contributed by atoms with Crippen molar-refractivity contribution in [1.82, 2.24) is 10.2 Å². The highest BCUT2D eigenvalue weighted by atomic mass is 32.1. The van der Waals surface area contributed by atoms with Crippen LogP contribution in [-0.4, -0.2) is 51.5 Å². The summed E-state index contributed by atoms with van der Waals surface area (Å²) in [6, 6.07) is 0.431. The first-order valence-electron chi connectivity index (χ1n) is 6.92. The Morgan fingerprint density at radius 1 is 1.52 bits per heavy atom. The smallest absolute Gasteiger partial charge is 0.328 e. The van der Waals surface area contributed by atoms with Crippen LogP contribution in [0, 0.1) is 10.1 Å². The fourth-order valence-corrected chi connectivity index (χ4v) is 3.80. The van der Waals surface area contributed by atoms with Crippen LogP contribution in [-0.2, 0) is 9.59 Å². The van der Waals surface area contributed by atoms with Crippen LogP contribution >= 0.6 is 11.3 Å². The highest BCUT2D eigenvalue weighted by Gasteiger charge is 2.49. The van der Waals surface area contributed by atoms with Crippen molar-refractivity contribution in [1.29, 1.82) is 0 Å². The number of piperazine rings is 1. The quantitative estimate of drug-likeness (QED) is 0.585. The fourth-order valence-electron chi connectivity index (χ4n) is 2.76. The predicted molar refractivity (Wildman–Crippen MR) is 79.2 cm³/mol. The first-order valence-corrected chi connectivity index (χ1v) is 7.73. The van der Waals surface area contributed by atoms with Gasteiger partial charge in [0.1, 0.15) is 30.0 Å². The molecule has 1 fully saturated rings. The minimum absolute atomic E-state index is 0.140. The van der Waals surface area contributed by atoms with E-state index in [4.69, 9.17) is 4.74 Å². The van der Waals surface area contributed by atoms with Crippen LogP contribution in [0.15, 0.2) is 6.07 Å². The van der Waals surface area contributed by atoms with E-state index in [1.54, 1.807) is 13.8 Å². The average Bonchev–Trinajstić information content (AvgIpc) is 2.86. The van der Waals surface area contributed by atoms with Gasteiger partial charge in [-0.1, -0.05) is 11.3 Å². The molecule has 2 N–H and O–H groups in total. The van der Waals surface area contributed by atoms with Gasteiger partial charge in [0.2, 0.25) is 11.8 Å². The average molecular weight is 341 g/mol. The molecule has 10 heteroatoms. The van der Waals surface area contributed by atoms with Gasteiger partial charge in [0.15, 0.2) is 0 Å². The largest absolute Gasteiger partial charge is 0.484 e. The van der Waals surface area contributed by atoms with E-state index in [2.05, 4.69) is 5.32 Å². The molecular weight excluding hydrogens is 326 g/mol. The molecule has 124 valence electrons. The summed E-state index contributed by atoms with van der Waals surface area (Å²) in [6.07, 6.45) is -1.12.